The molecule has 8 unspecified atom stereocenters. The van der Waals surface area contributed by atoms with Gasteiger partial charge in [0.1, 0.15) is 0 Å². The quantitative estimate of drug-likeness (QED) is 0.655. The van der Waals surface area contributed by atoms with Crippen LogP contribution in [-0.2, 0) is 0 Å². The SMILES string of the molecule is CC(C1C(O)CC2(C)C3CCC4C(=CC3=CCC12C)CCC(N(C)C)C4(C)C)N(C)C. The summed E-state index contributed by atoms with van der Waals surface area (Å²) in [5.74, 6) is 1.59. The largest absolute Gasteiger partial charge is 0.393 e. The van der Waals surface area contributed by atoms with Crippen LogP contribution >= 0.6 is 0 Å². The molecule has 0 bridgehead atoms. The third-order valence-corrected chi connectivity index (χ3v) is 11.0. The molecule has 4 aliphatic carbocycles. The molecule has 3 nitrogen and oxygen atoms in total. The molecule has 0 aromatic carbocycles. The second kappa shape index (κ2) is 7.71. The predicted octanol–water partition coefficient (Wildman–Crippen LogP) is 5.36. The average molecular weight is 429 g/mol. The summed E-state index contributed by atoms with van der Waals surface area (Å²) in [7, 11) is 8.87. The van der Waals surface area contributed by atoms with Crippen LogP contribution in [0.4, 0.5) is 0 Å². The first kappa shape index (κ1) is 23.5. The molecule has 0 amide bonds. The molecule has 0 aliphatic heterocycles. The lowest BCUT2D eigenvalue weighted by Crippen LogP contribution is -2.50. The number of rotatable bonds is 3. The van der Waals surface area contributed by atoms with Crippen LogP contribution in [0.25, 0.3) is 0 Å². The standard InChI is InChI=1S/C28H48N2O/c1-18(29(6)7)25-23(31)17-28(5)22-12-11-21-19(16-20(22)14-15-27(25,28)4)10-13-24(30(8)9)26(21,2)3/h14,16,18,21-25,31H,10-13,15,17H2,1-9H3. The summed E-state index contributed by atoms with van der Waals surface area (Å²) in [4.78, 5) is 4.78. The Morgan fingerprint density at radius 1 is 0.968 bits per heavy atom. The minimum atomic E-state index is -0.201. The van der Waals surface area contributed by atoms with Crippen molar-refractivity contribution in [2.24, 2.45) is 34.0 Å². The predicted molar refractivity (Wildman–Crippen MR) is 131 cm³/mol. The first-order valence-electron chi connectivity index (χ1n) is 12.8. The van der Waals surface area contributed by atoms with Gasteiger partial charge in [0.25, 0.3) is 0 Å². The Hall–Kier alpha value is -0.640. The second-order valence-corrected chi connectivity index (χ2v) is 13.0. The monoisotopic (exact) mass is 428 g/mol. The molecule has 31 heavy (non-hydrogen) atoms. The lowest BCUT2D eigenvalue weighted by Gasteiger charge is -2.53. The van der Waals surface area contributed by atoms with E-state index in [0.29, 0.717) is 35.3 Å². The van der Waals surface area contributed by atoms with E-state index < -0.39 is 0 Å². The lowest BCUT2D eigenvalue weighted by molar-refractivity contribution is -0.0236. The normalized spacial score (nSPS) is 45.4. The number of hydrogen-bond donors (Lipinski definition) is 1. The molecule has 0 radical (unpaired) electrons. The molecule has 8 atom stereocenters. The molecular formula is C28H48N2O. The van der Waals surface area contributed by atoms with E-state index in [9.17, 15) is 5.11 Å². The van der Waals surface area contributed by atoms with E-state index in [1.807, 2.05) is 0 Å². The smallest absolute Gasteiger partial charge is 0.0594 e. The summed E-state index contributed by atoms with van der Waals surface area (Å²) in [6.45, 7) is 12.4. The van der Waals surface area contributed by atoms with Crippen molar-refractivity contribution in [1.29, 1.82) is 0 Å². The van der Waals surface area contributed by atoms with Crippen LogP contribution in [0, 0.1) is 34.0 Å². The van der Waals surface area contributed by atoms with Crippen LogP contribution in [-0.4, -0.2) is 61.3 Å². The molecule has 3 heteroatoms. The van der Waals surface area contributed by atoms with Crippen LogP contribution in [0.15, 0.2) is 23.3 Å². The van der Waals surface area contributed by atoms with Crippen LogP contribution in [0.3, 0.4) is 0 Å². The molecular weight excluding hydrogens is 380 g/mol. The maximum Gasteiger partial charge on any atom is 0.0594 e. The minimum Gasteiger partial charge on any atom is -0.393 e. The topological polar surface area (TPSA) is 26.7 Å². The fraction of sp³-hybridized carbons (Fsp3) is 0.857. The third-order valence-electron chi connectivity index (χ3n) is 11.0. The summed E-state index contributed by atoms with van der Waals surface area (Å²) < 4.78 is 0. The molecule has 176 valence electrons. The van der Waals surface area contributed by atoms with Gasteiger partial charge in [-0.05, 0) is 107 Å². The van der Waals surface area contributed by atoms with E-state index in [-0.39, 0.29) is 16.9 Å². The van der Waals surface area contributed by atoms with Gasteiger partial charge in [-0.2, -0.15) is 0 Å². The fourth-order valence-electron chi connectivity index (χ4n) is 8.93. The zero-order chi connectivity index (χ0) is 22.9. The number of fused-ring (bicyclic) bond motifs is 4. The molecule has 1 N–H and O–H groups in total. The summed E-state index contributed by atoms with van der Waals surface area (Å²) in [5, 5.41) is 11.3. The lowest BCUT2D eigenvalue weighted by atomic mass is 9.51. The van der Waals surface area contributed by atoms with Crippen LogP contribution in [0.1, 0.15) is 73.1 Å². The Labute approximate surface area is 192 Å². The molecule has 2 saturated carbocycles. The van der Waals surface area contributed by atoms with Gasteiger partial charge in [0, 0.05) is 18.0 Å². The molecule has 0 aromatic heterocycles. The number of aliphatic hydroxyl groups excluding tert-OH is 1. The van der Waals surface area contributed by atoms with Crippen molar-refractivity contribution in [2.75, 3.05) is 28.2 Å². The number of nitrogens with zero attached hydrogens (tertiary/aromatic N) is 2. The Balaban J connectivity index is 1.70. The van der Waals surface area contributed by atoms with Crippen molar-refractivity contribution in [3.05, 3.63) is 23.3 Å². The van der Waals surface area contributed by atoms with Crippen LogP contribution in [0.5, 0.6) is 0 Å². The van der Waals surface area contributed by atoms with Gasteiger partial charge in [-0.3, -0.25) is 0 Å². The van der Waals surface area contributed by atoms with Gasteiger partial charge >= 0.3 is 0 Å². The Morgan fingerprint density at radius 3 is 2.23 bits per heavy atom. The third kappa shape index (κ3) is 3.32. The average Bonchev–Trinajstić information content (AvgIpc) is 2.78. The van der Waals surface area contributed by atoms with Gasteiger partial charge < -0.3 is 14.9 Å². The fourth-order valence-corrected chi connectivity index (χ4v) is 8.93. The van der Waals surface area contributed by atoms with Crippen molar-refractivity contribution in [3.8, 4) is 0 Å². The van der Waals surface area contributed by atoms with E-state index in [2.05, 4.69) is 84.8 Å². The molecule has 0 spiro atoms. The van der Waals surface area contributed by atoms with Crippen molar-refractivity contribution in [2.45, 2.75) is 91.3 Å². The van der Waals surface area contributed by atoms with Crippen LogP contribution in [0.2, 0.25) is 0 Å². The Morgan fingerprint density at radius 2 is 1.61 bits per heavy atom. The highest BCUT2D eigenvalue weighted by molar-refractivity contribution is 5.37. The van der Waals surface area contributed by atoms with Gasteiger partial charge in [-0.15, -0.1) is 0 Å². The van der Waals surface area contributed by atoms with Crippen molar-refractivity contribution in [1.82, 2.24) is 9.80 Å². The summed E-state index contributed by atoms with van der Waals surface area (Å²) >= 11 is 0. The van der Waals surface area contributed by atoms with E-state index >= 15 is 0 Å². The van der Waals surface area contributed by atoms with Gasteiger partial charge in [0.15, 0.2) is 0 Å². The van der Waals surface area contributed by atoms with Crippen molar-refractivity contribution in [3.63, 3.8) is 0 Å². The van der Waals surface area contributed by atoms with E-state index in [0.717, 1.165) is 12.8 Å². The molecule has 2 fully saturated rings. The number of aliphatic hydroxyl groups is 1. The van der Waals surface area contributed by atoms with Gasteiger partial charge in [-0.1, -0.05) is 45.4 Å². The first-order valence-corrected chi connectivity index (χ1v) is 12.8. The second-order valence-electron chi connectivity index (χ2n) is 13.0. The van der Waals surface area contributed by atoms with Gasteiger partial charge in [-0.25, -0.2) is 0 Å². The maximum atomic E-state index is 11.3. The highest BCUT2D eigenvalue weighted by atomic mass is 16.3. The zero-order valence-corrected chi connectivity index (χ0v) is 21.7. The summed E-state index contributed by atoms with van der Waals surface area (Å²) in [6, 6.07) is 1.05. The molecule has 4 rings (SSSR count). The number of allylic oxidation sites excluding steroid dienone is 4. The van der Waals surface area contributed by atoms with E-state index in [4.69, 9.17) is 0 Å². The Kier molecular flexibility index (Phi) is 5.84. The Bertz CT molecular complexity index is 765. The van der Waals surface area contributed by atoms with Crippen molar-refractivity contribution >= 4 is 0 Å². The number of hydrogen-bond acceptors (Lipinski definition) is 3. The highest BCUT2D eigenvalue weighted by Gasteiger charge is 2.64. The van der Waals surface area contributed by atoms with Crippen molar-refractivity contribution < 1.29 is 5.11 Å². The highest BCUT2D eigenvalue weighted by Crippen LogP contribution is 2.68. The maximum absolute atomic E-state index is 11.3. The summed E-state index contributed by atoms with van der Waals surface area (Å²) in [6.07, 6.45) is 12.2. The zero-order valence-electron chi connectivity index (χ0n) is 21.7. The summed E-state index contributed by atoms with van der Waals surface area (Å²) in [5.41, 5.74) is 3.94. The first-order chi connectivity index (χ1) is 14.3. The molecule has 0 aromatic rings. The minimum absolute atomic E-state index is 0.153. The molecule has 0 heterocycles. The molecule has 0 saturated heterocycles. The van der Waals surface area contributed by atoms with E-state index in [1.54, 1.807) is 11.1 Å². The molecule has 4 aliphatic rings. The van der Waals surface area contributed by atoms with E-state index in [1.165, 1.54) is 25.7 Å². The van der Waals surface area contributed by atoms with Gasteiger partial charge in [0.05, 0.1) is 6.10 Å². The van der Waals surface area contributed by atoms with Gasteiger partial charge in [0.2, 0.25) is 0 Å². The van der Waals surface area contributed by atoms with Crippen LogP contribution < -0.4 is 0 Å².